The van der Waals surface area contributed by atoms with Crippen molar-refractivity contribution in [2.45, 2.75) is 18.1 Å². The molecule has 1 fully saturated rings. The molecule has 0 amide bonds. The second-order valence-electron chi connectivity index (χ2n) is 3.31. The Morgan fingerprint density at radius 1 is 1.43 bits per heavy atom. The quantitative estimate of drug-likeness (QED) is 0.594. The van der Waals surface area contributed by atoms with Crippen LogP contribution in [0.5, 0.6) is 0 Å². The summed E-state index contributed by atoms with van der Waals surface area (Å²) in [5.41, 5.74) is 0. The first-order chi connectivity index (χ1) is 6.42. The largest absolute Gasteiger partial charge is 0.480 e. The molecule has 1 N–H and O–H groups in total. The Labute approximate surface area is 96.9 Å². The molecule has 0 unspecified atom stereocenters. The third kappa shape index (κ3) is 3.35. The van der Waals surface area contributed by atoms with Gasteiger partial charge in [0.25, 0.3) is 0 Å². The molecule has 1 saturated heterocycles. The van der Waals surface area contributed by atoms with Gasteiger partial charge in [0.1, 0.15) is 5.75 Å². The maximum atomic E-state index is 11.5. The SMILES string of the molecule is O=C(O)CS(=O)(=O)C1CCN(I)CC1. The van der Waals surface area contributed by atoms with Crippen LogP contribution in [-0.4, -0.2) is 46.7 Å². The van der Waals surface area contributed by atoms with Gasteiger partial charge in [-0.15, -0.1) is 0 Å². The van der Waals surface area contributed by atoms with Crippen LogP contribution in [0.4, 0.5) is 0 Å². The molecule has 0 aliphatic carbocycles. The number of piperidine rings is 1. The Balaban J connectivity index is 2.60. The van der Waals surface area contributed by atoms with E-state index in [-0.39, 0.29) is 0 Å². The van der Waals surface area contributed by atoms with Crippen LogP contribution >= 0.6 is 22.9 Å². The predicted molar refractivity (Wildman–Crippen MR) is 60.0 cm³/mol. The van der Waals surface area contributed by atoms with Crippen LogP contribution in [0.25, 0.3) is 0 Å². The van der Waals surface area contributed by atoms with Crippen LogP contribution < -0.4 is 0 Å². The van der Waals surface area contributed by atoms with Gasteiger partial charge in [0.2, 0.25) is 0 Å². The van der Waals surface area contributed by atoms with Crippen molar-refractivity contribution in [2.24, 2.45) is 0 Å². The zero-order valence-corrected chi connectivity index (χ0v) is 10.5. The number of hydrogen-bond acceptors (Lipinski definition) is 4. The second-order valence-corrected chi connectivity index (χ2v) is 6.96. The average Bonchev–Trinajstić information content (AvgIpc) is 2.02. The number of carbonyl (C=O) groups is 1. The van der Waals surface area contributed by atoms with Gasteiger partial charge in [-0.1, -0.05) is 0 Å². The standard InChI is InChI=1S/C7H12INO4S/c8-9-3-1-6(2-4-9)14(12,13)5-7(10)11/h6H,1-5H2,(H,10,11). The minimum Gasteiger partial charge on any atom is -0.480 e. The molecule has 0 bridgehead atoms. The van der Waals surface area contributed by atoms with Gasteiger partial charge in [-0.05, 0) is 12.8 Å². The van der Waals surface area contributed by atoms with E-state index >= 15 is 0 Å². The predicted octanol–water partition coefficient (Wildman–Crippen LogP) is 0.300. The highest BCUT2D eigenvalue weighted by molar-refractivity contribution is 14.1. The molecule has 7 heteroatoms. The van der Waals surface area contributed by atoms with E-state index in [1.54, 1.807) is 0 Å². The van der Waals surface area contributed by atoms with Crippen LogP contribution in [-0.2, 0) is 14.6 Å². The van der Waals surface area contributed by atoms with Crippen LogP contribution in [0.3, 0.4) is 0 Å². The molecule has 0 atom stereocenters. The lowest BCUT2D eigenvalue weighted by atomic mass is 10.2. The Morgan fingerprint density at radius 2 is 1.93 bits per heavy atom. The van der Waals surface area contributed by atoms with Crippen molar-refractivity contribution in [3.63, 3.8) is 0 Å². The Morgan fingerprint density at radius 3 is 2.36 bits per heavy atom. The fourth-order valence-electron chi connectivity index (χ4n) is 1.47. The van der Waals surface area contributed by atoms with E-state index in [4.69, 9.17) is 5.11 Å². The summed E-state index contributed by atoms with van der Waals surface area (Å²) in [7, 11) is -3.44. The number of rotatable bonds is 3. The third-order valence-corrected chi connectivity index (χ3v) is 5.32. The maximum absolute atomic E-state index is 11.5. The highest BCUT2D eigenvalue weighted by Crippen LogP contribution is 2.20. The minimum absolute atomic E-state index is 0.468. The number of carboxylic acids is 1. The molecule has 0 saturated carbocycles. The van der Waals surface area contributed by atoms with Crippen molar-refractivity contribution in [3.05, 3.63) is 0 Å². The summed E-state index contributed by atoms with van der Waals surface area (Å²) in [5.74, 6) is -2.00. The van der Waals surface area contributed by atoms with Crippen LogP contribution in [0.1, 0.15) is 12.8 Å². The van der Waals surface area contributed by atoms with Gasteiger partial charge in [-0.25, -0.2) is 11.5 Å². The lowest BCUT2D eigenvalue weighted by Gasteiger charge is -2.26. The summed E-state index contributed by atoms with van der Waals surface area (Å²) in [6.07, 6.45) is 1.08. The van der Waals surface area contributed by atoms with E-state index in [1.807, 2.05) is 3.11 Å². The van der Waals surface area contributed by atoms with Crippen molar-refractivity contribution in [2.75, 3.05) is 18.8 Å². The van der Waals surface area contributed by atoms with Crippen molar-refractivity contribution >= 4 is 38.7 Å². The molecule has 1 rings (SSSR count). The van der Waals surface area contributed by atoms with Gasteiger partial charge in [-0.3, -0.25) is 4.79 Å². The van der Waals surface area contributed by atoms with E-state index in [2.05, 4.69) is 22.9 Å². The topological polar surface area (TPSA) is 74.7 Å². The Kier molecular flexibility index (Phi) is 4.14. The van der Waals surface area contributed by atoms with Gasteiger partial charge in [-0.2, -0.15) is 0 Å². The first-order valence-corrected chi connectivity index (χ1v) is 6.94. The Hall–Kier alpha value is 0.110. The molecule has 0 aromatic rings. The smallest absolute Gasteiger partial charge is 0.318 e. The maximum Gasteiger partial charge on any atom is 0.318 e. The van der Waals surface area contributed by atoms with Crippen molar-refractivity contribution in [1.82, 2.24) is 3.11 Å². The molecular formula is C7H12INO4S. The van der Waals surface area contributed by atoms with Crippen LogP contribution in [0, 0.1) is 0 Å². The fraction of sp³-hybridized carbons (Fsp3) is 0.857. The Bertz CT molecular complexity index is 308. The molecule has 1 aliphatic rings. The molecule has 5 nitrogen and oxygen atoms in total. The van der Waals surface area contributed by atoms with Gasteiger partial charge < -0.3 is 5.11 Å². The lowest BCUT2D eigenvalue weighted by molar-refractivity contribution is -0.134. The highest BCUT2D eigenvalue weighted by Gasteiger charge is 2.30. The van der Waals surface area contributed by atoms with Crippen molar-refractivity contribution in [3.8, 4) is 0 Å². The molecule has 0 aromatic heterocycles. The van der Waals surface area contributed by atoms with Gasteiger partial charge >= 0.3 is 5.97 Å². The molecule has 14 heavy (non-hydrogen) atoms. The average molecular weight is 333 g/mol. The van der Waals surface area contributed by atoms with E-state index in [1.165, 1.54) is 0 Å². The molecule has 0 aromatic carbocycles. The number of nitrogens with zero attached hydrogens (tertiary/aromatic N) is 1. The van der Waals surface area contributed by atoms with E-state index in [9.17, 15) is 13.2 Å². The van der Waals surface area contributed by atoms with E-state index < -0.39 is 26.8 Å². The van der Waals surface area contributed by atoms with E-state index in [0.717, 1.165) is 0 Å². The van der Waals surface area contributed by atoms with Gasteiger partial charge in [0.15, 0.2) is 9.84 Å². The second kappa shape index (κ2) is 4.75. The fourth-order valence-corrected chi connectivity index (χ4v) is 3.54. The summed E-state index contributed by atoms with van der Waals surface area (Å²) >= 11 is 2.14. The third-order valence-electron chi connectivity index (χ3n) is 2.22. The number of carboxylic acid groups (broad SMARTS) is 1. The van der Waals surface area contributed by atoms with Crippen LogP contribution in [0.15, 0.2) is 0 Å². The molecule has 0 spiro atoms. The summed E-state index contributed by atoms with van der Waals surface area (Å²) in [6, 6.07) is 0. The first-order valence-electron chi connectivity index (χ1n) is 4.26. The zero-order chi connectivity index (χ0) is 10.8. The molecule has 0 radical (unpaired) electrons. The summed E-state index contributed by atoms with van der Waals surface area (Å²) < 4.78 is 25.0. The summed E-state index contributed by atoms with van der Waals surface area (Å²) in [4.78, 5) is 10.3. The molecule has 82 valence electrons. The van der Waals surface area contributed by atoms with Crippen molar-refractivity contribution < 1.29 is 18.3 Å². The molecule has 1 heterocycles. The van der Waals surface area contributed by atoms with Crippen LogP contribution in [0.2, 0.25) is 0 Å². The monoisotopic (exact) mass is 333 g/mol. The summed E-state index contributed by atoms with van der Waals surface area (Å²) in [5, 5.41) is 7.97. The highest BCUT2D eigenvalue weighted by atomic mass is 127. The summed E-state index contributed by atoms with van der Waals surface area (Å²) in [6.45, 7) is 1.42. The number of aliphatic carboxylic acids is 1. The first kappa shape index (κ1) is 12.2. The number of hydrogen-bond donors (Lipinski definition) is 1. The zero-order valence-electron chi connectivity index (χ0n) is 7.52. The van der Waals surface area contributed by atoms with Gasteiger partial charge in [0, 0.05) is 36.0 Å². The molecule has 1 aliphatic heterocycles. The van der Waals surface area contributed by atoms with Crippen molar-refractivity contribution in [1.29, 1.82) is 0 Å². The van der Waals surface area contributed by atoms with E-state index in [0.29, 0.717) is 25.9 Å². The van der Waals surface area contributed by atoms with Gasteiger partial charge in [0.05, 0.1) is 5.25 Å². The minimum atomic E-state index is -3.44. The molecular weight excluding hydrogens is 321 g/mol. The normalized spacial score (nSPS) is 20.9. The lowest BCUT2D eigenvalue weighted by Crippen LogP contribution is -2.37. The number of sulfone groups is 1. The number of halogens is 1.